The molecule has 3 rings (SSSR count). The Morgan fingerprint density at radius 3 is 2.67 bits per heavy atom. The summed E-state index contributed by atoms with van der Waals surface area (Å²) in [5, 5.41) is 12.0. The van der Waals surface area contributed by atoms with Crippen LogP contribution < -0.4 is 5.32 Å². The van der Waals surface area contributed by atoms with Gasteiger partial charge in [0.1, 0.15) is 0 Å². The van der Waals surface area contributed by atoms with E-state index < -0.39 is 11.9 Å². The molecule has 0 bridgehead atoms. The van der Waals surface area contributed by atoms with Crippen LogP contribution in [0.4, 0.5) is 5.69 Å². The smallest absolute Gasteiger partial charge is 0.308 e. The topological polar surface area (TPSA) is 86.7 Å². The van der Waals surface area contributed by atoms with Gasteiger partial charge in [-0.05, 0) is 23.8 Å². The van der Waals surface area contributed by atoms with E-state index in [-0.39, 0.29) is 18.4 Å². The number of hydrogen-bond acceptors (Lipinski definition) is 4. The van der Waals surface area contributed by atoms with Crippen LogP contribution in [0.3, 0.4) is 0 Å². The maximum atomic E-state index is 13.1. The Morgan fingerprint density at radius 2 is 1.96 bits per heavy atom. The number of aliphatic carboxylic acids is 1. The van der Waals surface area contributed by atoms with Gasteiger partial charge >= 0.3 is 5.97 Å². The first-order valence-corrected chi connectivity index (χ1v) is 9.55. The number of nitrogens with zero attached hydrogens (tertiary/aromatic N) is 1. The molecule has 1 aliphatic rings. The second-order valence-corrected chi connectivity index (χ2v) is 7.48. The molecule has 2 N–H and O–H groups in total. The van der Waals surface area contributed by atoms with Crippen LogP contribution in [-0.2, 0) is 16.1 Å². The van der Waals surface area contributed by atoms with Gasteiger partial charge in [-0.15, -0.1) is 11.8 Å². The Balaban J connectivity index is 1.86. The van der Waals surface area contributed by atoms with Crippen molar-refractivity contribution in [1.82, 2.24) is 4.90 Å². The van der Waals surface area contributed by atoms with Crippen molar-refractivity contribution in [3.8, 4) is 0 Å². The van der Waals surface area contributed by atoms with Crippen molar-refractivity contribution >= 4 is 35.2 Å². The van der Waals surface area contributed by atoms with Crippen LogP contribution in [0.2, 0.25) is 0 Å². The molecule has 27 heavy (non-hydrogen) atoms. The van der Waals surface area contributed by atoms with Crippen molar-refractivity contribution in [2.24, 2.45) is 5.92 Å². The molecule has 0 aromatic heterocycles. The highest BCUT2D eigenvalue weighted by molar-refractivity contribution is 8.00. The Labute approximate surface area is 161 Å². The van der Waals surface area contributed by atoms with Gasteiger partial charge in [0, 0.05) is 23.5 Å². The van der Waals surface area contributed by atoms with Crippen molar-refractivity contribution in [1.29, 1.82) is 0 Å². The summed E-state index contributed by atoms with van der Waals surface area (Å²) in [4.78, 5) is 38.4. The van der Waals surface area contributed by atoms with Crippen LogP contribution in [0.1, 0.15) is 22.8 Å². The van der Waals surface area contributed by atoms with Crippen molar-refractivity contribution in [2.45, 2.75) is 18.4 Å². The number of hydrogen-bond donors (Lipinski definition) is 2. The molecule has 0 spiro atoms. The molecule has 0 saturated heterocycles. The summed E-state index contributed by atoms with van der Waals surface area (Å²) in [5.41, 5.74) is 1.96. The number of thioether (sulfide) groups is 1. The molecule has 2 aromatic carbocycles. The van der Waals surface area contributed by atoms with Crippen LogP contribution in [0.5, 0.6) is 0 Å². The Hall–Kier alpha value is -2.80. The van der Waals surface area contributed by atoms with Gasteiger partial charge < -0.3 is 15.3 Å². The van der Waals surface area contributed by atoms with E-state index >= 15 is 0 Å². The van der Waals surface area contributed by atoms with Gasteiger partial charge in [0.25, 0.3) is 5.91 Å². The Kier molecular flexibility index (Phi) is 5.81. The van der Waals surface area contributed by atoms with Crippen molar-refractivity contribution in [3.05, 3.63) is 59.7 Å². The predicted molar refractivity (Wildman–Crippen MR) is 104 cm³/mol. The first kappa shape index (κ1) is 19.0. The first-order chi connectivity index (χ1) is 12.9. The third-order valence-electron chi connectivity index (χ3n) is 4.28. The largest absolute Gasteiger partial charge is 0.481 e. The number of nitrogens with one attached hydrogen (secondary N) is 1. The number of anilines is 1. The number of fused-ring (bicyclic) bond motifs is 1. The molecule has 0 radical (unpaired) electrons. The quantitative estimate of drug-likeness (QED) is 0.799. The Morgan fingerprint density at radius 1 is 1.22 bits per heavy atom. The summed E-state index contributed by atoms with van der Waals surface area (Å²) in [6, 6.07) is 14.6. The van der Waals surface area contributed by atoms with E-state index in [0.29, 0.717) is 23.5 Å². The van der Waals surface area contributed by atoms with Gasteiger partial charge in [0.15, 0.2) is 0 Å². The normalized spacial score (nSPS) is 14.0. The van der Waals surface area contributed by atoms with E-state index in [1.54, 1.807) is 19.1 Å². The fourth-order valence-electron chi connectivity index (χ4n) is 2.83. The van der Waals surface area contributed by atoms with E-state index in [0.717, 1.165) is 10.5 Å². The van der Waals surface area contributed by atoms with Gasteiger partial charge in [0.05, 0.1) is 17.4 Å². The number of carboxylic acid groups (broad SMARTS) is 1. The molecular weight excluding hydrogens is 364 g/mol. The summed E-state index contributed by atoms with van der Waals surface area (Å²) in [6.45, 7) is 1.99. The highest BCUT2D eigenvalue weighted by atomic mass is 32.2. The molecule has 1 aliphatic heterocycles. The second-order valence-electron chi connectivity index (χ2n) is 6.46. The maximum Gasteiger partial charge on any atom is 0.308 e. The summed E-state index contributed by atoms with van der Waals surface area (Å²) in [5.74, 6) is -1.64. The molecule has 140 valence electrons. The van der Waals surface area contributed by atoms with E-state index in [1.165, 1.54) is 16.7 Å². The van der Waals surface area contributed by atoms with Crippen molar-refractivity contribution < 1.29 is 19.5 Å². The number of carbonyl (C=O) groups is 3. The van der Waals surface area contributed by atoms with Gasteiger partial charge in [-0.25, -0.2) is 0 Å². The Bertz CT molecular complexity index is 870. The zero-order valence-corrected chi connectivity index (χ0v) is 15.7. The zero-order chi connectivity index (χ0) is 19.4. The molecule has 7 heteroatoms. The highest BCUT2D eigenvalue weighted by Gasteiger charge is 2.24. The molecule has 2 amide bonds. The molecule has 1 heterocycles. The minimum atomic E-state index is -0.949. The van der Waals surface area contributed by atoms with Gasteiger partial charge in [-0.1, -0.05) is 37.3 Å². The molecule has 6 nitrogen and oxygen atoms in total. The fourth-order valence-corrected chi connectivity index (χ4v) is 3.62. The number of carbonyl (C=O) groups excluding carboxylic acids is 2. The third kappa shape index (κ3) is 4.68. The lowest BCUT2D eigenvalue weighted by Crippen LogP contribution is -2.36. The molecule has 0 fully saturated rings. The predicted octanol–water partition coefficient (Wildman–Crippen LogP) is 3.09. The van der Waals surface area contributed by atoms with Crippen molar-refractivity contribution in [3.63, 3.8) is 0 Å². The summed E-state index contributed by atoms with van der Waals surface area (Å²) >= 11 is 1.43. The SMILES string of the molecule is C[C@@H](CN(Cc1ccccc1)C(=O)c1ccc2c(c1)NC(=O)CS2)C(=O)O. The molecule has 0 saturated carbocycles. The molecule has 0 aliphatic carbocycles. The number of carboxylic acids is 1. The van der Waals surface area contributed by atoms with Crippen molar-refractivity contribution in [2.75, 3.05) is 17.6 Å². The minimum Gasteiger partial charge on any atom is -0.481 e. The van der Waals surface area contributed by atoms with Gasteiger partial charge in [-0.3, -0.25) is 14.4 Å². The number of benzene rings is 2. The van der Waals surface area contributed by atoms with E-state index in [2.05, 4.69) is 5.32 Å². The van der Waals surface area contributed by atoms with Crippen LogP contribution >= 0.6 is 11.8 Å². The van der Waals surface area contributed by atoms with Crippen LogP contribution in [0.15, 0.2) is 53.4 Å². The average molecular weight is 384 g/mol. The number of amides is 2. The van der Waals surface area contributed by atoms with Gasteiger partial charge in [-0.2, -0.15) is 0 Å². The standard InChI is InChI=1S/C20H20N2O4S/c1-13(20(25)26)10-22(11-14-5-3-2-4-6-14)19(24)15-7-8-17-16(9-15)21-18(23)12-27-17/h2-9,13H,10-12H2,1H3,(H,21,23)(H,25,26)/t13-/m0/s1. The lowest BCUT2D eigenvalue weighted by Gasteiger charge is -2.25. The average Bonchev–Trinajstić information content (AvgIpc) is 2.67. The van der Waals surface area contributed by atoms with Crippen LogP contribution in [-0.4, -0.2) is 40.1 Å². The first-order valence-electron chi connectivity index (χ1n) is 8.56. The highest BCUT2D eigenvalue weighted by Crippen LogP contribution is 2.32. The third-order valence-corrected chi connectivity index (χ3v) is 5.35. The maximum absolute atomic E-state index is 13.1. The van der Waals surface area contributed by atoms with Gasteiger partial charge in [0.2, 0.25) is 5.91 Å². The van der Waals surface area contributed by atoms with Crippen LogP contribution in [0.25, 0.3) is 0 Å². The summed E-state index contributed by atoms with van der Waals surface area (Å²) < 4.78 is 0. The minimum absolute atomic E-state index is 0.0985. The van der Waals surface area contributed by atoms with Crippen LogP contribution in [0, 0.1) is 5.92 Å². The second kappa shape index (κ2) is 8.26. The molecule has 1 atom stereocenters. The number of rotatable bonds is 6. The fraction of sp³-hybridized carbons (Fsp3) is 0.250. The zero-order valence-electron chi connectivity index (χ0n) is 14.8. The van der Waals surface area contributed by atoms with E-state index in [9.17, 15) is 19.5 Å². The molecule has 2 aromatic rings. The van der Waals surface area contributed by atoms with E-state index in [1.807, 2.05) is 36.4 Å². The molecular formula is C20H20N2O4S. The van der Waals surface area contributed by atoms with E-state index in [4.69, 9.17) is 0 Å². The monoisotopic (exact) mass is 384 g/mol. The molecule has 0 unspecified atom stereocenters. The lowest BCUT2D eigenvalue weighted by atomic mass is 10.1. The lowest BCUT2D eigenvalue weighted by molar-refractivity contribution is -0.141. The summed E-state index contributed by atoms with van der Waals surface area (Å²) in [7, 11) is 0. The summed E-state index contributed by atoms with van der Waals surface area (Å²) in [6.07, 6.45) is 0.